The molecule has 27 heavy (non-hydrogen) atoms. The molecule has 0 saturated carbocycles. The highest BCUT2D eigenvalue weighted by Crippen LogP contribution is 2.22. The Hall–Kier alpha value is -1.63. The molecular weight excluding hydrogens is 366 g/mol. The first-order valence-corrected chi connectivity index (χ1v) is 9.36. The summed E-state index contributed by atoms with van der Waals surface area (Å²) in [5, 5.41) is 12.1. The number of rotatable bonds is 7. The number of anilines is 1. The molecule has 152 valence electrons. The van der Waals surface area contributed by atoms with Gasteiger partial charge in [0.1, 0.15) is 0 Å². The van der Waals surface area contributed by atoms with Crippen molar-refractivity contribution in [1.82, 2.24) is 9.80 Å². The fourth-order valence-electron chi connectivity index (χ4n) is 3.87. The molecule has 0 bridgehead atoms. The summed E-state index contributed by atoms with van der Waals surface area (Å²) in [6.45, 7) is 10.9. The predicted molar refractivity (Wildman–Crippen MR) is 111 cm³/mol. The van der Waals surface area contributed by atoms with Crippen LogP contribution in [0.4, 0.5) is 5.69 Å². The highest BCUT2D eigenvalue weighted by Gasteiger charge is 2.26. The lowest BCUT2D eigenvalue weighted by atomic mass is 10.0. The molecule has 1 heterocycles. The number of piperidine rings is 1. The second-order valence-corrected chi connectivity index (χ2v) is 7.29. The molecule has 0 aliphatic carbocycles. The Morgan fingerprint density at radius 2 is 1.74 bits per heavy atom. The molecule has 0 aromatic heterocycles. The molecule has 0 atom stereocenters. The summed E-state index contributed by atoms with van der Waals surface area (Å²) in [6.07, 6.45) is 1.80. The average molecular weight is 398 g/mol. The largest absolute Gasteiger partial charge is 0.480 e. The van der Waals surface area contributed by atoms with Crippen molar-refractivity contribution in [2.45, 2.75) is 46.6 Å². The number of nitrogens with one attached hydrogen (secondary N) is 1. The molecule has 6 nitrogen and oxygen atoms in total. The van der Waals surface area contributed by atoms with Crippen LogP contribution in [0.2, 0.25) is 0 Å². The summed E-state index contributed by atoms with van der Waals surface area (Å²) in [6, 6.07) is 4.45. The average Bonchev–Trinajstić information content (AvgIpc) is 2.56. The first-order valence-electron chi connectivity index (χ1n) is 9.36. The lowest BCUT2D eigenvalue weighted by Gasteiger charge is -2.37. The molecule has 7 heteroatoms. The summed E-state index contributed by atoms with van der Waals surface area (Å²) >= 11 is 0. The van der Waals surface area contributed by atoms with Gasteiger partial charge in [0.05, 0.1) is 13.1 Å². The molecule has 1 aliphatic rings. The fourth-order valence-corrected chi connectivity index (χ4v) is 3.87. The summed E-state index contributed by atoms with van der Waals surface area (Å²) < 4.78 is 0. The third-order valence-corrected chi connectivity index (χ3v) is 5.13. The lowest BCUT2D eigenvalue weighted by Crippen LogP contribution is -2.48. The van der Waals surface area contributed by atoms with Crippen molar-refractivity contribution in [1.29, 1.82) is 0 Å². The van der Waals surface area contributed by atoms with Crippen molar-refractivity contribution in [3.8, 4) is 0 Å². The standard InChI is InChI=1S/C20H31N3O3.ClH/c1-5-23(13-19(25)26)17-6-8-22(9-7-17)12-18(24)21-20-15(3)10-14(2)11-16(20)4;/h10-11,17H,5-9,12-13H2,1-4H3,(H,21,24)(H,25,26);1H. The Kier molecular flexibility index (Phi) is 9.22. The Morgan fingerprint density at radius 3 is 2.22 bits per heavy atom. The number of likely N-dealkylation sites (tertiary alicyclic amines) is 1. The zero-order chi connectivity index (χ0) is 19.3. The number of carboxylic acids is 1. The van der Waals surface area contributed by atoms with Crippen LogP contribution in [0.15, 0.2) is 12.1 Å². The van der Waals surface area contributed by atoms with Crippen LogP contribution >= 0.6 is 12.4 Å². The zero-order valence-electron chi connectivity index (χ0n) is 16.7. The van der Waals surface area contributed by atoms with Gasteiger partial charge in [-0.05, 0) is 51.3 Å². The van der Waals surface area contributed by atoms with Crippen molar-refractivity contribution < 1.29 is 14.7 Å². The Balaban J connectivity index is 0.00000364. The van der Waals surface area contributed by atoms with Gasteiger partial charge in [0.15, 0.2) is 0 Å². The minimum atomic E-state index is -0.780. The first-order chi connectivity index (χ1) is 12.3. The van der Waals surface area contributed by atoms with Crippen molar-refractivity contribution in [2.75, 3.05) is 38.0 Å². The van der Waals surface area contributed by atoms with E-state index in [-0.39, 0.29) is 30.9 Å². The van der Waals surface area contributed by atoms with Gasteiger partial charge in [-0.25, -0.2) is 0 Å². The van der Waals surface area contributed by atoms with Crippen molar-refractivity contribution in [3.05, 3.63) is 28.8 Å². The van der Waals surface area contributed by atoms with E-state index in [0.29, 0.717) is 6.54 Å². The molecular formula is C20H32ClN3O3. The van der Waals surface area contributed by atoms with Crippen molar-refractivity contribution in [3.63, 3.8) is 0 Å². The number of aliphatic carboxylic acids is 1. The first kappa shape index (κ1) is 23.4. The number of hydrogen-bond acceptors (Lipinski definition) is 4. The van der Waals surface area contributed by atoms with Crippen LogP contribution in [0.25, 0.3) is 0 Å². The maximum atomic E-state index is 12.4. The van der Waals surface area contributed by atoms with Crippen LogP contribution in [0.3, 0.4) is 0 Å². The van der Waals surface area contributed by atoms with Gasteiger partial charge in [-0.3, -0.25) is 19.4 Å². The SMILES string of the molecule is CCN(CC(=O)O)C1CCN(CC(=O)Nc2c(C)cc(C)cc2C)CC1.Cl. The maximum Gasteiger partial charge on any atom is 0.317 e. The van der Waals surface area contributed by atoms with Crippen LogP contribution in [0.1, 0.15) is 36.5 Å². The highest BCUT2D eigenvalue weighted by molar-refractivity contribution is 5.93. The number of carboxylic acid groups (broad SMARTS) is 1. The second kappa shape index (κ2) is 10.6. The molecule has 0 unspecified atom stereocenters. The zero-order valence-corrected chi connectivity index (χ0v) is 17.6. The molecule has 0 radical (unpaired) electrons. The smallest absolute Gasteiger partial charge is 0.317 e. The van der Waals surface area contributed by atoms with Gasteiger partial charge >= 0.3 is 5.97 Å². The van der Waals surface area contributed by atoms with E-state index >= 15 is 0 Å². The van der Waals surface area contributed by atoms with Gasteiger partial charge in [0.2, 0.25) is 5.91 Å². The van der Waals surface area contributed by atoms with Gasteiger partial charge in [0, 0.05) is 24.8 Å². The number of carbonyl (C=O) groups excluding carboxylic acids is 1. The predicted octanol–water partition coefficient (Wildman–Crippen LogP) is 2.84. The number of carbonyl (C=O) groups is 2. The quantitative estimate of drug-likeness (QED) is 0.740. The van der Waals surface area contributed by atoms with Gasteiger partial charge < -0.3 is 10.4 Å². The van der Waals surface area contributed by atoms with Gasteiger partial charge in [0.25, 0.3) is 0 Å². The van der Waals surface area contributed by atoms with Gasteiger partial charge in [-0.15, -0.1) is 12.4 Å². The van der Waals surface area contributed by atoms with Crippen LogP contribution in [0.5, 0.6) is 0 Å². The normalized spacial score (nSPS) is 15.4. The van der Waals surface area contributed by atoms with Crippen molar-refractivity contribution in [2.24, 2.45) is 0 Å². The Labute approximate surface area is 168 Å². The van der Waals surface area contributed by atoms with Crippen LogP contribution < -0.4 is 5.32 Å². The van der Waals surface area contributed by atoms with E-state index in [1.165, 1.54) is 5.56 Å². The Morgan fingerprint density at radius 1 is 1.19 bits per heavy atom. The van der Waals surface area contributed by atoms with E-state index < -0.39 is 5.97 Å². The van der Waals surface area contributed by atoms with Crippen LogP contribution in [0, 0.1) is 20.8 Å². The van der Waals surface area contributed by atoms with Crippen molar-refractivity contribution >= 4 is 30.0 Å². The lowest BCUT2D eigenvalue weighted by molar-refractivity contribution is -0.139. The van der Waals surface area contributed by atoms with Crippen LogP contribution in [-0.2, 0) is 9.59 Å². The maximum absolute atomic E-state index is 12.4. The molecule has 1 aromatic rings. The molecule has 1 saturated heterocycles. The monoisotopic (exact) mass is 397 g/mol. The Bertz CT molecular complexity index is 635. The summed E-state index contributed by atoms with van der Waals surface area (Å²) in [7, 11) is 0. The number of nitrogens with zero attached hydrogens (tertiary/aromatic N) is 2. The third-order valence-electron chi connectivity index (χ3n) is 5.13. The van der Waals surface area contributed by atoms with Crippen LogP contribution in [-0.4, -0.2) is 65.5 Å². The molecule has 0 spiro atoms. The second-order valence-electron chi connectivity index (χ2n) is 7.29. The molecule has 2 N–H and O–H groups in total. The highest BCUT2D eigenvalue weighted by atomic mass is 35.5. The van der Waals surface area contributed by atoms with E-state index in [0.717, 1.165) is 49.3 Å². The number of halogens is 1. The van der Waals surface area contributed by atoms with E-state index in [1.54, 1.807) is 0 Å². The molecule has 1 amide bonds. The van der Waals surface area contributed by atoms with Gasteiger partial charge in [-0.1, -0.05) is 24.6 Å². The van der Waals surface area contributed by atoms with E-state index in [2.05, 4.69) is 29.3 Å². The summed E-state index contributed by atoms with van der Waals surface area (Å²) in [5.41, 5.74) is 4.28. The molecule has 1 fully saturated rings. The molecule has 1 aromatic carbocycles. The summed E-state index contributed by atoms with van der Waals surface area (Å²) in [5.74, 6) is -0.770. The number of likely N-dealkylation sites (N-methyl/N-ethyl adjacent to an activating group) is 1. The summed E-state index contributed by atoms with van der Waals surface area (Å²) in [4.78, 5) is 27.6. The number of amides is 1. The number of benzene rings is 1. The van der Waals surface area contributed by atoms with E-state index in [4.69, 9.17) is 5.11 Å². The van der Waals surface area contributed by atoms with E-state index in [9.17, 15) is 9.59 Å². The molecule has 1 aliphatic heterocycles. The number of hydrogen-bond donors (Lipinski definition) is 2. The molecule has 2 rings (SSSR count). The topological polar surface area (TPSA) is 72.9 Å². The third kappa shape index (κ3) is 6.79. The fraction of sp³-hybridized carbons (Fsp3) is 0.600. The minimum absolute atomic E-state index is 0. The number of aryl methyl sites for hydroxylation is 3. The minimum Gasteiger partial charge on any atom is -0.480 e. The van der Waals surface area contributed by atoms with E-state index in [1.807, 2.05) is 25.7 Å². The van der Waals surface area contributed by atoms with Gasteiger partial charge in [-0.2, -0.15) is 0 Å².